The van der Waals surface area contributed by atoms with Crippen LogP contribution in [0.25, 0.3) is 0 Å². The largest absolute Gasteiger partial charge is 0.478 e. The lowest BCUT2D eigenvalue weighted by Crippen LogP contribution is -2.31. The molecule has 1 N–H and O–H groups in total. The number of hydrogen-bond donors (Lipinski definition) is 1. The lowest BCUT2D eigenvalue weighted by atomic mass is 10.1. The minimum atomic E-state index is -1.16. The van der Waals surface area contributed by atoms with E-state index in [-0.39, 0.29) is 11.3 Å². The molecule has 0 aromatic heterocycles. The number of carboxylic acid groups (broad SMARTS) is 1. The smallest absolute Gasteiger partial charge is 0.335 e. The van der Waals surface area contributed by atoms with Gasteiger partial charge in [0.2, 0.25) is 0 Å². The van der Waals surface area contributed by atoms with E-state index < -0.39 is 10.9 Å². The second-order valence-electron chi connectivity index (χ2n) is 5.96. The van der Waals surface area contributed by atoms with Gasteiger partial charge in [0, 0.05) is 19.2 Å². The van der Waals surface area contributed by atoms with Crippen molar-refractivity contribution in [1.29, 1.82) is 0 Å². The predicted octanol–water partition coefficient (Wildman–Crippen LogP) is 3.41. The highest BCUT2D eigenvalue weighted by atomic mass is 16.6. The van der Waals surface area contributed by atoms with E-state index in [9.17, 15) is 14.9 Å². The van der Waals surface area contributed by atoms with Crippen LogP contribution in [0.15, 0.2) is 18.2 Å². The lowest BCUT2D eigenvalue weighted by molar-refractivity contribution is -0.384. The van der Waals surface area contributed by atoms with Crippen LogP contribution in [0.1, 0.15) is 38.1 Å². The first-order valence-corrected chi connectivity index (χ1v) is 6.99. The van der Waals surface area contributed by atoms with Gasteiger partial charge in [-0.2, -0.15) is 0 Å². The first-order chi connectivity index (χ1) is 9.72. The van der Waals surface area contributed by atoms with Gasteiger partial charge in [-0.1, -0.05) is 27.7 Å². The summed E-state index contributed by atoms with van der Waals surface area (Å²) >= 11 is 0. The Kier molecular flexibility index (Phi) is 5.69. The van der Waals surface area contributed by atoms with E-state index >= 15 is 0 Å². The minimum absolute atomic E-state index is 0.0699. The summed E-state index contributed by atoms with van der Waals surface area (Å²) in [4.78, 5) is 23.7. The fourth-order valence-electron chi connectivity index (χ4n) is 2.22. The summed E-state index contributed by atoms with van der Waals surface area (Å²) in [6.45, 7) is 9.56. The van der Waals surface area contributed by atoms with Crippen LogP contribution in [0.5, 0.6) is 0 Å². The Bertz CT molecular complexity index is 516. The third-order valence-electron chi connectivity index (χ3n) is 2.93. The first-order valence-electron chi connectivity index (χ1n) is 6.99. The van der Waals surface area contributed by atoms with Gasteiger partial charge in [0.25, 0.3) is 5.69 Å². The number of benzene rings is 1. The molecule has 0 aliphatic carbocycles. The van der Waals surface area contributed by atoms with E-state index in [1.807, 2.05) is 32.6 Å². The quantitative estimate of drug-likeness (QED) is 0.615. The lowest BCUT2D eigenvalue weighted by Gasteiger charge is -2.28. The standard InChI is InChI=1S/C15H22N2O4/c1-10(2)8-16(9-11(3)4)13-6-5-12(15(18)19)7-14(13)17(20)21/h5-7,10-11H,8-9H2,1-4H3,(H,18,19). The van der Waals surface area contributed by atoms with Crippen LogP contribution >= 0.6 is 0 Å². The van der Waals surface area contributed by atoms with Crippen LogP contribution in [0.3, 0.4) is 0 Å². The zero-order valence-corrected chi connectivity index (χ0v) is 12.9. The highest BCUT2D eigenvalue weighted by Gasteiger charge is 2.22. The average molecular weight is 294 g/mol. The molecule has 0 amide bonds. The van der Waals surface area contributed by atoms with Crippen molar-refractivity contribution >= 4 is 17.3 Å². The van der Waals surface area contributed by atoms with Crippen molar-refractivity contribution in [1.82, 2.24) is 0 Å². The number of hydrogen-bond acceptors (Lipinski definition) is 4. The molecular formula is C15H22N2O4. The van der Waals surface area contributed by atoms with Crippen molar-refractivity contribution < 1.29 is 14.8 Å². The molecule has 0 saturated heterocycles. The van der Waals surface area contributed by atoms with E-state index in [0.717, 1.165) is 6.07 Å². The Hall–Kier alpha value is -2.11. The molecule has 21 heavy (non-hydrogen) atoms. The Labute approximate surface area is 124 Å². The molecule has 1 rings (SSSR count). The van der Waals surface area contributed by atoms with Crippen LogP contribution in [0.2, 0.25) is 0 Å². The van der Waals surface area contributed by atoms with Gasteiger partial charge in [-0.3, -0.25) is 10.1 Å². The van der Waals surface area contributed by atoms with Crippen molar-refractivity contribution in [2.45, 2.75) is 27.7 Å². The number of nitro benzene ring substituents is 1. The molecule has 0 radical (unpaired) electrons. The SMILES string of the molecule is CC(C)CN(CC(C)C)c1ccc(C(=O)O)cc1[N+](=O)[O-]. The molecule has 116 valence electrons. The molecule has 0 fully saturated rings. The van der Waals surface area contributed by atoms with E-state index in [4.69, 9.17) is 5.11 Å². The zero-order valence-electron chi connectivity index (χ0n) is 12.9. The molecule has 0 saturated carbocycles. The van der Waals surface area contributed by atoms with Gasteiger partial charge < -0.3 is 10.0 Å². The summed E-state index contributed by atoms with van der Waals surface area (Å²) in [5.41, 5.74) is 0.253. The van der Waals surface area contributed by atoms with Gasteiger partial charge in [-0.25, -0.2) is 4.79 Å². The molecule has 1 aromatic carbocycles. The molecule has 0 bridgehead atoms. The van der Waals surface area contributed by atoms with E-state index in [1.165, 1.54) is 12.1 Å². The normalized spacial score (nSPS) is 11.0. The van der Waals surface area contributed by atoms with E-state index in [2.05, 4.69) is 0 Å². The summed E-state index contributed by atoms with van der Waals surface area (Å²) < 4.78 is 0. The predicted molar refractivity (Wildman–Crippen MR) is 81.9 cm³/mol. The van der Waals surface area contributed by atoms with Crippen LogP contribution < -0.4 is 4.90 Å². The van der Waals surface area contributed by atoms with Crippen molar-refractivity contribution in [3.63, 3.8) is 0 Å². The molecule has 6 heteroatoms. The van der Waals surface area contributed by atoms with Crippen molar-refractivity contribution in [3.05, 3.63) is 33.9 Å². The Balaban J connectivity index is 3.28. The van der Waals surface area contributed by atoms with Crippen LogP contribution in [-0.2, 0) is 0 Å². The molecule has 0 unspecified atom stereocenters. The van der Waals surface area contributed by atoms with Gasteiger partial charge in [0.1, 0.15) is 5.69 Å². The summed E-state index contributed by atoms with van der Waals surface area (Å²) in [6.07, 6.45) is 0. The maximum Gasteiger partial charge on any atom is 0.335 e. The zero-order chi connectivity index (χ0) is 16.2. The number of rotatable bonds is 7. The number of aromatic carboxylic acids is 1. The van der Waals surface area contributed by atoms with Crippen molar-refractivity contribution in [3.8, 4) is 0 Å². The molecule has 0 atom stereocenters. The summed E-state index contributed by atoms with van der Waals surface area (Å²) in [7, 11) is 0. The van der Waals surface area contributed by atoms with Crippen molar-refractivity contribution in [2.24, 2.45) is 11.8 Å². The summed E-state index contributed by atoms with van der Waals surface area (Å²) in [5, 5.41) is 20.2. The highest BCUT2D eigenvalue weighted by Crippen LogP contribution is 2.30. The molecule has 0 aliphatic heterocycles. The molecule has 0 aliphatic rings. The summed E-state index contributed by atoms with van der Waals surface area (Å²) in [6, 6.07) is 4.08. The fraction of sp³-hybridized carbons (Fsp3) is 0.533. The third kappa shape index (κ3) is 4.73. The van der Waals surface area contributed by atoms with Gasteiger partial charge in [-0.05, 0) is 24.0 Å². The molecule has 6 nitrogen and oxygen atoms in total. The second-order valence-corrected chi connectivity index (χ2v) is 5.96. The Morgan fingerprint density at radius 2 is 1.76 bits per heavy atom. The van der Waals surface area contributed by atoms with Crippen LogP contribution in [0, 0.1) is 22.0 Å². The van der Waals surface area contributed by atoms with E-state index in [1.54, 1.807) is 0 Å². The van der Waals surface area contributed by atoms with Gasteiger partial charge >= 0.3 is 5.97 Å². The number of carbonyl (C=O) groups is 1. The highest BCUT2D eigenvalue weighted by molar-refractivity contribution is 5.89. The average Bonchev–Trinajstić information content (AvgIpc) is 2.35. The number of anilines is 1. The number of carboxylic acids is 1. The summed E-state index contributed by atoms with van der Waals surface area (Å²) in [5.74, 6) is -0.464. The number of nitro groups is 1. The van der Waals surface area contributed by atoms with Crippen LogP contribution in [-0.4, -0.2) is 29.1 Å². The van der Waals surface area contributed by atoms with Gasteiger partial charge in [0.15, 0.2) is 0 Å². The maximum absolute atomic E-state index is 11.3. The third-order valence-corrected chi connectivity index (χ3v) is 2.93. The van der Waals surface area contributed by atoms with Gasteiger partial charge in [0.05, 0.1) is 10.5 Å². The molecular weight excluding hydrogens is 272 g/mol. The monoisotopic (exact) mass is 294 g/mol. The van der Waals surface area contributed by atoms with E-state index in [0.29, 0.717) is 30.6 Å². The minimum Gasteiger partial charge on any atom is -0.478 e. The molecule has 1 aromatic rings. The maximum atomic E-state index is 11.3. The topological polar surface area (TPSA) is 83.7 Å². The molecule has 0 spiro atoms. The van der Waals surface area contributed by atoms with Gasteiger partial charge in [-0.15, -0.1) is 0 Å². The second kappa shape index (κ2) is 7.06. The van der Waals surface area contributed by atoms with Crippen LogP contribution in [0.4, 0.5) is 11.4 Å². The Morgan fingerprint density at radius 1 is 1.24 bits per heavy atom. The van der Waals surface area contributed by atoms with Crippen molar-refractivity contribution in [2.75, 3.05) is 18.0 Å². The molecule has 0 heterocycles. The fourth-order valence-corrected chi connectivity index (χ4v) is 2.22. The number of nitrogens with zero attached hydrogens (tertiary/aromatic N) is 2. The Morgan fingerprint density at radius 3 is 2.14 bits per heavy atom. The first kappa shape index (κ1) is 16.9.